The zero-order valence-electron chi connectivity index (χ0n) is 39.8. The lowest BCUT2D eigenvalue weighted by Crippen LogP contribution is -2.51. The van der Waals surface area contributed by atoms with Gasteiger partial charge in [0.1, 0.15) is 0 Å². The van der Waals surface area contributed by atoms with Gasteiger partial charge < -0.3 is 0 Å². The molecule has 336 valence electrons. The summed E-state index contributed by atoms with van der Waals surface area (Å²) in [6, 6.07) is 0. The molecule has 0 aliphatic heterocycles. The van der Waals surface area contributed by atoms with Crippen molar-refractivity contribution in [2.24, 2.45) is 92.7 Å². The minimum atomic E-state index is -4.09. The van der Waals surface area contributed by atoms with E-state index in [9.17, 15) is 8.42 Å². The van der Waals surface area contributed by atoms with Crippen LogP contribution in [-0.4, -0.2) is 20.6 Å². The molecule has 16 unspecified atom stereocenters. The highest BCUT2D eigenvalue weighted by Gasteiger charge is 2.61. The Kier molecular flexibility index (Phi) is 13.0. The zero-order valence-corrected chi connectivity index (χ0v) is 40.7. The topological polar surface area (TPSA) is 52.6 Å². The third-order valence-corrected chi connectivity index (χ3v) is 22.0. The fourth-order valence-corrected chi connectivity index (χ4v) is 18.9. The number of rotatable bonds is 14. The van der Waals surface area contributed by atoms with Crippen LogP contribution in [0.1, 0.15) is 210 Å². The van der Waals surface area contributed by atoms with Crippen LogP contribution < -0.4 is 0 Å². The molecule has 0 saturated heterocycles. The normalized spacial score (nSPS) is 45.4. The van der Waals surface area contributed by atoms with Gasteiger partial charge in [0.2, 0.25) is 0 Å². The van der Waals surface area contributed by atoms with Gasteiger partial charge in [0.25, 0.3) is 0 Å². The Bertz CT molecular complexity index is 1550. The quantitative estimate of drug-likeness (QED) is 0.164. The zero-order chi connectivity index (χ0) is 42.1. The van der Waals surface area contributed by atoms with Crippen LogP contribution in [0.15, 0.2) is 23.3 Å². The molecular weight excluding hydrogens is 745 g/mol. The third-order valence-electron chi connectivity index (χ3n) is 21.0. The van der Waals surface area contributed by atoms with E-state index in [0.717, 1.165) is 110 Å². The van der Waals surface area contributed by atoms with E-state index < -0.39 is 10.4 Å². The number of fused-ring (bicyclic) bond motifs is 10. The Labute approximate surface area is 364 Å². The minimum absolute atomic E-state index is 0.177. The molecule has 0 radical (unpaired) electrons. The highest BCUT2D eigenvalue weighted by molar-refractivity contribution is 7.81. The fraction of sp³-hybridized carbons (Fsp3) is 0.926. The van der Waals surface area contributed by atoms with E-state index in [-0.39, 0.29) is 23.0 Å². The average molecular weight is 835 g/mol. The van der Waals surface area contributed by atoms with Crippen LogP contribution in [0.4, 0.5) is 0 Å². The number of hydrogen-bond donors (Lipinski definition) is 0. The van der Waals surface area contributed by atoms with E-state index in [1.807, 2.05) is 0 Å². The van der Waals surface area contributed by atoms with Crippen LogP contribution >= 0.6 is 0 Å². The maximum atomic E-state index is 13.7. The highest BCUT2D eigenvalue weighted by Crippen LogP contribution is 2.69. The van der Waals surface area contributed by atoms with E-state index >= 15 is 0 Å². The fourth-order valence-electron chi connectivity index (χ4n) is 17.8. The van der Waals surface area contributed by atoms with Gasteiger partial charge in [0.15, 0.2) is 0 Å². The number of hydrogen-bond acceptors (Lipinski definition) is 4. The first kappa shape index (κ1) is 44.9. The van der Waals surface area contributed by atoms with Gasteiger partial charge in [-0.2, -0.15) is 8.42 Å². The summed E-state index contributed by atoms with van der Waals surface area (Å²) in [6.07, 6.45) is 31.4. The van der Waals surface area contributed by atoms with Crippen molar-refractivity contribution in [3.05, 3.63) is 23.3 Å². The van der Waals surface area contributed by atoms with Gasteiger partial charge in [-0.05, 0) is 195 Å². The van der Waals surface area contributed by atoms with Crippen molar-refractivity contribution < 1.29 is 16.8 Å². The summed E-state index contributed by atoms with van der Waals surface area (Å²) in [7, 11) is -4.09. The van der Waals surface area contributed by atoms with Gasteiger partial charge in [-0.25, -0.2) is 8.37 Å². The Morgan fingerprint density at radius 3 is 1.34 bits per heavy atom. The van der Waals surface area contributed by atoms with Crippen molar-refractivity contribution in [3.63, 3.8) is 0 Å². The van der Waals surface area contributed by atoms with Crippen LogP contribution in [0.2, 0.25) is 0 Å². The maximum absolute atomic E-state index is 13.7. The van der Waals surface area contributed by atoms with Gasteiger partial charge in [-0.1, -0.05) is 131 Å². The summed E-state index contributed by atoms with van der Waals surface area (Å²) < 4.78 is 39.5. The second-order valence-corrected chi connectivity index (χ2v) is 26.1. The molecule has 0 spiro atoms. The van der Waals surface area contributed by atoms with E-state index in [0.29, 0.717) is 10.8 Å². The molecule has 0 aromatic carbocycles. The molecule has 0 bridgehead atoms. The Hall–Kier alpha value is -0.650. The molecule has 8 rings (SSSR count). The van der Waals surface area contributed by atoms with Crippen LogP contribution in [0.5, 0.6) is 0 Å². The first-order chi connectivity index (χ1) is 27.9. The first-order valence-electron chi connectivity index (χ1n) is 25.9. The SMILES string of the molecule is CC(C)CCCC(C)C1CCC2C3CC=C4CC(OS(=O)(=O)OC5CCC6(C)C(=CCC7C6CCC6(C)C(C(C)CCCC(C)C)CCC76)C5)CCC4(C)C3CCC12C. The first-order valence-corrected chi connectivity index (χ1v) is 27.2. The monoisotopic (exact) mass is 835 g/mol. The lowest BCUT2D eigenvalue weighted by atomic mass is 9.47. The molecule has 0 N–H and O–H groups in total. The van der Waals surface area contributed by atoms with Gasteiger partial charge in [-0.15, -0.1) is 0 Å². The van der Waals surface area contributed by atoms with Gasteiger partial charge >= 0.3 is 10.4 Å². The summed E-state index contributed by atoms with van der Waals surface area (Å²) in [5.41, 5.74) is 4.30. The molecule has 4 nitrogen and oxygen atoms in total. The van der Waals surface area contributed by atoms with E-state index in [1.165, 1.54) is 114 Å². The van der Waals surface area contributed by atoms with E-state index in [4.69, 9.17) is 8.37 Å². The largest absolute Gasteiger partial charge is 0.400 e. The highest BCUT2D eigenvalue weighted by atomic mass is 32.3. The Morgan fingerprint density at radius 2 is 0.949 bits per heavy atom. The minimum Gasteiger partial charge on any atom is -0.245 e. The maximum Gasteiger partial charge on any atom is 0.400 e. The van der Waals surface area contributed by atoms with Gasteiger partial charge in [-0.3, -0.25) is 0 Å². The van der Waals surface area contributed by atoms with Crippen molar-refractivity contribution in [1.29, 1.82) is 0 Å². The van der Waals surface area contributed by atoms with Gasteiger partial charge in [0, 0.05) is 0 Å². The Balaban J connectivity index is 0.856. The van der Waals surface area contributed by atoms with E-state index in [2.05, 4.69) is 81.4 Å². The van der Waals surface area contributed by atoms with Crippen LogP contribution in [0.25, 0.3) is 0 Å². The van der Waals surface area contributed by atoms with Crippen LogP contribution in [-0.2, 0) is 18.8 Å². The molecule has 0 aromatic rings. The Morgan fingerprint density at radius 1 is 0.542 bits per heavy atom. The molecule has 0 aromatic heterocycles. The third kappa shape index (κ3) is 8.32. The van der Waals surface area contributed by atoms with Crippen molar-refractivity contribution in [1.82, 2.24) is 0 Å². The molecule has 8 aliphatic carbocycles. The summed E-state index contributed by atoms with van der Waals surface area (Å²) in [5.74, 6) is 9.72. The summed E-state index contributed by atoms with van der Waals surface area (Å²) in [6.45, 7) is 25.1. The smallest absolute Gasteiger partial charge is 0.245 e. The van der Waals surface area contributed by atoms with Crippen molar-refractivity contribution in [3.8, 4) is 0 Å². The summed E-state index contributed by atoms with van der Waals surface area (Å²) >= 11 is 0. The van der Waals surface area contributed by atoms with E-state index in [1.54, 1.807) is 0 Å². The van der Waals surface area contributed by atoms with Crippen molar-refractivity contribution >= 4 is 10.4 Å². The second kappa shape index (κ2) is 17.0. The van der Waals surface area contributed by atoms with Gasteiger partial charge in [0.05, 0.1) is 12.2 Å². The molecule has 5 heteroatoms. The molecule has 59 heavy (non-hydrogen) atoms. The summed E-state index contributed by atoms with van der Waals surface area (Å²) in [4.78, 5) is 0. The molecule has 6 fully saturated rings. The number of allylic oxidation sites excluding steroid dienone is 2. The molecule has 6 saturated carbocycles. The second-order valence-electron chi connectivity index (χ2n) is 24.9. The lowest BCUT2D eigenvalue weighted by molar-refractivity contribution is -0.0589. The molecule has 0 heterocycles. The van der Waals surface area contributed by atoms with Crippen LogP contribution in [0.3, 0.4) is 0 Å². The predicted molar refractivity (Wildman–Crippen MR) is 245 cm³/mol. The molecule has 0 amide bonds. The molecular formula is C54H90O4S. The van der Waals surface area contributed by atoms with Crippen molar-refractivity contribution in [2.75, 3.05) is 0 Å². The van der Waals surface area contributed by atoms with Crippen molar-refractivity contribution in [2.45, 2.75) is 223 Å². The standard InChI is InChI=1S/C54H90O4S/c1-35(2)13-11-15-37(5)45-21-23-47-43-19-17-39-33-41(25-29-51(39,7)49(43)27-31-53(45,47)9)57-59(55,56)58-42-26-30-52(8)40(34-42)18-20-44-48-24-22-46(38(6)16-12-14-36(3)4)54(48,10)32-28-50(44)52/h17-18,35-38,41-50H,11-16,19-34H2,1-10H3. The lowest BCUT2D eigenvalue weighted by Gasteiger charge is -2.58. The molecule has 16 atom stereocenters. The van der Waals surface area contributed by atoms with Crippen LogP contribution in [0, 0.1) is 92.7 Å². The average Bonchev–Trinajstić information content (AvgIpc) is 3.71. The predicted octanol–water partition coefficient (Wildman–Crippen LogP) is 15.1. The molecule has 8 aliphatic rings. The summed E-state index contributed by atoms with van der Waals surface area (Å²) in [5, 5.41) is 0.